The monoisotopic (exact) mass is 226 g/mol. The fourth-order valence-corrected chi connectivity index (χ4v) is 1.30. The van der Waals surface area contributed by atoms with E-state index in [-0.39, 0.29) is 24.5 Å². The van der Waals surface area contributed by atoms with E-state index in [1.165, 1.54) is 0 Å². The van der Waals surface area contributed by atoms with E-state index in [1.807, 2.05) is 0 Å². The quantitative estimate of drug-likeness (QED) is 0.533. The topological polar surface area (TPSA) is 54.4 Å². The van der Waals surface area contributed by atoms with E-state index in [0.717, 1.165) is 0 Å². The second-order valence-corrected chi connectivity index (χ2v) is 3.38. The summed E-state index contributed by atoms with van der Waals surface area (Å²) in [6.07, 6.45) is 0.932. The molecule has 0 aliphatic heterocycles. The van der Waals surface area contributed by atoms with E-state index in [9.17, 15) is 9.59 Å². The number of rotatable bonds is 7. The summed E-state index contributed by atoms with van der Waals surface area (Å²) in [4.78, 5) is 21.8. The van der Waals surface area contributed by atoms with Crippen molar-refractivity contribution >= 4 is 35.0 Å². The first-order valence-corrected chi connectivity index (χ1v) is 5.07. The summed E-state index contributed by atoms with van der Waals surface area (Å²) in [5.74, 6) is -1.78. The molecule has 1 atom stereocenters. The highest BCUT2D eigenvalue weighted by Gasteiger charge is 2.24. The van der Waals surface area contributed by atoms with E-state index in [4.69, 9.17) is 28.3 Å². The van der Waals surface area contributed by atoms with Gasteiger partial charge in [-0.2, -0.15) is 0 Å². The molecule has 0 amide bonds. The average Bonchev–Trinajstić information content (AvgIpc) is 2.09. The van der Waals surface area contributed by atoms with Crippen molar-refractivity contribution in [2.45, 2.75) is 19.3 Å². The molecular weight excluding hydrogens is 215 g/mol. The van der Waals surface area contributed by atoms with Crippen LogP contribution in [0.15, 0.2) is 0 Å². The normalized spacial score (nSPS) is 12.5. The lowest BCUT2D eigenvalue weighted by molar-refractivity contribution is -0.146. The molecule has 0 aromatic carbocycles. The average molecular weight is 227 g/mol. The summed E-state index contributed by atoms with van der Waals surface area (Å²) < 4.78 is 0. The summed E-state index contributed by atoms with van der Waals surface area (Å²) in [6.45, 7) is 0. The fourth-order valence-electron chi connectivity index (χ4n) is 0.947. The van der Waals surface area contributed by atoms with Gasteiger partial charge in [-0.25, -0.2) is 0 Å². The maximum atomic E-state index is 11.2. The molecule has 0 aromatic heterocycles. The van der Waals surface area contributed by atoms with Crippen LogP contribution in [0.3, 0.4) is 0 Å². The number of hydrogen-bond donors (Lipinski definition) is 1. The molecule has 0 heterocycles. The van der Waals surface area contributed by atoms with Gasteiger partial charge in [-0.1, -0.05) is 0 Å². The van der Waals surface area contributed by atoms with Crippen LogP contribution in [-0.4, -0.2) is 28.6 Å². The Kier molecular flexibility index (Phi) is 7.00. The number of halogens is 2. The molecule has 0 spiro atoms. The highest BCUT2D eigenvalue weighted by atomic mass is 35.5. The van der Waals surface area contributed by atoms with Gasteiger partial charge in [-0.3, -0.25) is 9.59 Å². The van der Waals surface area contributed by atoms with Gasteiger partial charge < -0.3 is 5.11 Å². The molecule has 0 aliphatic carbocycles. The van der Waals surface area contributed by atoms with Crippen molar-refractivity contribution in [2.75, 3.05) is 11.8 Å². The van der Waals surface area contributed by atoms with Gasteiger partial charge in [0, 0.05) is 18.2 Å². The number of carbonyl (C=O) groups excluding carboxylic acids is 1. The van der Waals surface area contributed by atoms with Crippen LogP contribution in [0.25, 0.3) is 0 Å². The Morgan fingerprint density at radius 3 is 2.23 bits per heavy atom. The summed E-state index contributed by atoms with van der Waals surface area (Å²) in [6, 6.07) is 0. The maximum absolute atomic E-state index is 11.2. The zero-order valence-electron chi connectivity index (χ0n) is 7.13. The molecule has 1 N–H and O–H groups in total. The molecule has 0 saturated carbocycles. The van der Waals surface area contributed by atoms with E-state index in [0.29, 0.717) is 12.3 Å². The van der Waals surface area contributed by atoms with Crippen molar-refractivity contribution in [2.24, 2.45) is 5.92 Å². The van der Waals surface area contributed by atoms with Gasteiger partial charge in [0.2, 0.25) is 0 Å². The number of Topliss-reactive ketones (excluding diaryl/α,β-unsaturated/α-hetero) is 1. The number of ketones is 1. The zero-order valence-corrected chi connectivity index (χ0v) is 8.64. The molecule has 0 aromatic rings. The molecule has 5 heteroatoms. The molecule has 3 nitrogen and oxygen atoms in total. The van der Waals surface area contributed by atoms with Gasteiger partial charge >= 0.3 is 5.97 Å². The van der Waals surface area contributed by atoms with Gasteiger partial charge in [0.05, 0.1) is 0 Å². The molecule has 0 fully saturated rings. The molecule has 0 aliphatic rings. The molecule has 76 valence electrons. The summed E-state index contributed by atoms with van der Waals surface area (Å²) in [7, 11) is 0. The van der Waals surface area contributed by atoms with Crippen molar-refractivity contribution in [3.63, 3.8) is 0 Å². The summed E-state index contributed by atoms with van der Waals surface area (Å²) >= 11 is 10.8. The van der Waals surface area contributed by atoms with Gasteiger partial charge in [0.1, 0.15) is 11.7 Å². The van der Waals surface area contributed by atoms with Crippen molar-refractivity contribution in [1.29, 1.82) is 0 Å². The number of aliphatic carboxylic acids is 1. The third kappa shape index (κ3) is 5.11. The summed E-state index contributed by atoms with van der Waals surface area (Å²) in [5.41, 5.74) is 0. The Labute approximate surface area is 87.0 Å². The number of carboxylic acid groups (broad SMARTS) is 1. The van der Waals surface area contributed by atoms with Crippen molar-refractivity contribution < 1.29 is 14.7 Å². The van der Waals surface area contributed by atoms with E-state index in [2.05, 4.69) is 0 Å². The highest BCUT2D eigenvalue weighted by Crippen LogP contribution is 2.10. The first kappa shape index (κ1) is 12.7. The van der Waals surface area contributed by atoms with E-state index < -0.39 is 11.9 Å². The van der Waals surface area contributed by atoms with Crippen molar-refractivity contribution in [1.82, 2.24) is 0 Å². The first-order valence-electron chi connectivity index (χ1n) is 4.01. The van der Waals surface area contributed by atoms with Crippen LogP contribution in [-0.2, 0) is 9.59 Å². The van der Waals surface area contributed by atoms with Crippen LogP contribution in [0.2, 0.25) is 0 Å². The number of hydrogen-bond acceptors (Lipinski definition) is 2. The number of carbonyl (C=O) groups is 2. The molecular formula is C8H12Cl2O3. The highest BCUT2D eigenvalue weighted by molar-refractivity contribution is 6.18. The molecule has 0 bridgehead atoms. The number of alkyl halides is 2. The molecule has 0 radical (unpaired) electrons. The van der Waals surface area contributed by atoms with Gasteiger partial charge in [0.25, 0.3) is 0 Å². The zero-order chi connectivity index (χ0) is 10.3. The first-order chi connectivity index (χ1) is 6.13. The van der Waals surface area contributed by atoms with Crippen LogP contribution in [0.1, 0.15) is 19.3 Å². The second kappa shape index (κ2) is 7.15. The predicted molar refractivity (Wildman–Crippen MR) is 51.4 cm³/mol. The molecule has 1 unspecified atom stereocenters. The predicted octanol–water partition coefficient (Wildman–Crippen LogP) is 1.90. The molecule has 13 heavy (non-hydrogen) atoms. The fraction of sp³-hybridized carbons (Fsp3) is 0.750. The molecule has 0 rings (SSSR count). The lowest BCUT2D eigenvalue weighted by Crippen LogP contribution is -2.24. The van der Waals surface area contributed by atoms with Crippen LogP contribution >= 0.6 is 23.2 Å². The van der Waals surface area contributed by atoms with Crippen LogP contribution < -0.4 is 0 Å². The minimum absolute atomic E-state index is 0.184. The Morgan fingerprint density at radius 1 is 1.23 bits per heavy atom. The third-order valence-electron chi connectivity index (χ3n) is 1.64. The van der Waals surface area contributed by atoms with E-state index in [1.54, 1.807) is 0 Å². The minimum Gasteiger partial charge on any atom is -0.481 e. The van der Waals surface area contributed by atoms with Gasteiger partial charge in [-0.15, -0.1) is 23.2 Å². The van der Waals surface area contributed by atoms with Crippen LogP contribution in [0.4, 0.5) is 0 Å². The minimum atomic E-state index is -1.10. The third-order valence-corrected chi connectivity index (χ3v) is 2.13. The van der Waals surface area contributed by atoms with Crippen molar-refractivity contribution in [3.8, 4) is 0 Å². The van der Waals surface area contributed by atoms with Gasteiger partial charge in [0.15, 0.2) is 0 Å². The van der Waals surface area contributed by atoms with E-state index >= 15 is 0 Å². The van der Waals surface area contributed by atoms with Gasteiger partial charge in [-0.05, 0) is 12.8 Å². The van der Waals surface area contributed by atoms with Crippen LogP contribution in [0.5, 0.6) is 0 Å². The smallest absolute Gasteiger partial charge is 0.314 e. The maximum Gasteiger partial charge on any atom is 0.314 e. The Hall–Kier alpha value is -0.280. The Morgan fingerprint density at radius 2 is 1.85 bits per heavy atom. The lowest BCUT2D eigenvalue weighted by Gasteiger charge is -2.08. The number of carboxylic acids is 1. The lowest BCUT2D eigenvalue weighted by atomic mass is 9.98. The van der Waals surface area contributed by atoms with Crippen molar-refractivity contribution in [3.05, 3.63) is 0 Å². The summed E-state index contributed by atoms with van der Waals surface area (Å²) in [5, 5.41) is 8.66. The Balaban J connectivity index is 4.03. The Bertz CT molecular complexity index is 182. The SMILES string of the molecule is O=C(O)C(CCCl)C(=O)CCCCl. The van der Waals surface area contributed by atoms with Crippen LogP contribution in [0, 0.1) is 5.92 Å². The molecule has 0 saturated heterocycles. The second-order valence-electron chi connectivity index (χ2n) is 2.63. The standard InChI is InChI=1S/C8H12Cl2O3/c9-4-1-2-7(11)6(3-5-10)8(12)13/h6H,1-5H2,(H,12,13). The largest absolute Gasteiger partial charge is 0.481 e.